The third-order valence-corrected chi connectivity index (χ3v) is 3.68. The van der Waals surface area contributed by atoms with E-state index >= 15 is 0 Å². The Hall–Kier alpha value is -0.580. The first-order chi connectivity index (χ1) is 8.15. The predicted octanol–water partition coefficient (Wildman–Crippen LogP) is 2.40. The van der Waals surface area contributed by atoms with Crippen molar-refractivity contribution in [1.29, 1.82) is 0 Å². The van der Waals surface area contributed by atoms with Crippen molar-refractivity contribution in [2.45, 2.75) is 45.4 Å². The molecule has 17 heavy (non-hydrogen) atoms. The van der Waals surface area contributed by atoms with E-state index in [-0.39, 0.29) is 12.0 Å². The SMILES string of the molecule is CCCn1ncc(Cl)c1C(O)C1CCOC1C. The van der Waals surface area contributed by atoms with Crippen molar-refractivity contribution in [3.63, 3.8) is 0 Å². The van der Waals surface area contributed by atoms with E-state index in [1.54, 1.807) is 10.9 Å². The lowest BCUT2D eigenvalue weighted by atomic mass is 9.93. The van der Waals surface area contributed by atoms with Gasteiger partial charge in [0.15, 0.2) is 0 Å². The van der Waals surface area contributed by atoms with Gasteiger partial charge in [-0.2, -0.15) is 5.10 Å². The Kier molecular flexibility index (Phi) is 4.07. The van der Waals surface area contributed by atoms with Gasteiger partial charge in [-0.1, -0.05) is 18.5 Å². The van der Waals surface area contributed by atoms with E-state index < -0.39 is 6.10 Å². The summed E-state index contributed by atoms with van der Waals surface area (Å²) >= 11 is 6.12. The van der Waals surface area contributed by atoms with Crippen molar-refractivity contribution in [3.8, 4) is 0 Å². The van der Waals surface area contributed by atoms with Crippen LogP contribution in [-0.2, 0) is 11.3 Å². The van der Waals surface area contributed by atoms with E-state index in [4.69, 9.17) is 16.3 Å². The van der Waals surface area contributed by atoms with Crippen molar-refractivity contribution < 1.29 is 9.84 Å². The molecule has 0 bridgehead atoms. The number of ether oxygens (including phenoxy) is 1. The number of rotatable bonds is 4. The summed E-state index contributed by atoms with van der Waals surface area (Å²) in [6.07, 6.45) is 2.93. The Morgan fingerprint density at radius 2 is 2.47 bits per heavy atom. The van der Waals surface area contributed by atoms with Crippen LogP contribution in [0.1, 0.15) is 38.5 Å². The molecule has 1 N–H and O–H groups in total. The maximum Gasteiger partial charge on any atom is 0.102 e. The van der Waals surface area contributed by atoms with Gasteiger partial charge in [0, 0.05) is 19.1 Å². The molecule has 1 aromatic heterocycles. The van der Waals surface area contributed by atoms with E-state index in [2.05, 4.69) is 12.0 Å². The molecule has 1 fully saturated rings. The number of aryl methyl sites for hydroxylation is 1. The molecule has 2 rings (SSSR count). The Balaban J connectivity index is 2.22. The van der Waals surface area contributed by atoms with Gasteiger partial charge in [0.2, 0.25) is 0 Å². The zero-order chi connectivity index (χ0) is 12.4. The van der Waals surface area contributed by atoms with Gasteiger partial charge in [0.1, 0.15) is 6.10 Å². The number of aliphatic hydroxyl groups is 1. The molecule has 5 heteroatoms. The van der Waals surface area contributed by atoms with Crippen LogP contribution in [0.2, 0.25) is 5.02 Å². The highest BCUT2D eigenvalue weighted by Gasteiger charge is 2.34. The summed E-state index contributed by atoms with van der Waals surface area (Å²) in [6, 6.07) is 0. The number of hydrogen-bond donors (Lipinski definition) is 1. The summed E-state index contributed by atoms with van der Waals surface area (Å²) in [5.41, 5.74) is 0.732. The molecular weight excluding hydrogens is 240 g/mol. The van der Waals surface area contributed by atoms with Crippen LogP contribution in [0, 0.1) is 5.92 Å². The minimum Gasteiger partial charge on any atom is -0.386 e. The van der Waals surface area contributed by atoms with Gasteiger partial charge in [-0.3, -0.25) is 4.68 Å². The molecule has 2 heterocycles. The Morgan fingerprint density at radius 3 is 3.06 bits per heavy atom. The van der Waals surface area contributed by atoms with Crippen molar-refractivity contribution in [2.24, 2.45) is 5.92 Å². The van der Waals surface area contributed by atoms with Gasteiger partial charge < -0.3 is 9.84 Å². The first-order valence-corrected chi connectivity index (χ1v) is 6.53. The standard InChI is InChI=1S/C12H19ClN2O2/c1-3-5-15-11(10(13)7-14-15)12(16)9-4-6-17-8(9)2/h7-9,12,16H,3-6H2,1-2H3. The molecular formula is C12H19ClN2O2. The van der Waals surface area contributed by atoms with Crippen LogP contribution >= 0.6 is 11.6 Å². The minimum absolute atomic E-state index is 0.0750. The van der Waals surface area contributed by atoms with Gasteiger partial charge in [-0.05, 0) is 19.8 Å². The molecule has 96 valence electrons. The lowest BCUT2D eigenvalue weighted by Gasteiger charge is -2.22. The Bertz CT molecular complexity index is 381. The Labute approximate surface area is 107 Å². The molecule has 0 saturated carbocycles. The van der Waals surface area contributed by atoms with Gasteiger partial charge in [0.25, 0.3) is 0 Å². The zero-order valence-electron chi connectivity index (χ0n) is 10.3. The number of halogens is 1. The second-order valence-corrected chi connectivity index (χ2v) is 4.98. The molecule has 4 nitrogen and oxygen atoms in total. The van der Waals surface area contributed by atoms with E-state index in [0.29, 0.717) is 11.6 Å². The van der Waals surface area contributed by atoms with E-state index in [9.17, 15) is 5.11 Å². The monoisotopic (exact) mass is 258 g/mol. The highest BCUT2D eigenvalue weighted by atomic mass is 35.5. The fraction of sp³-hybridized carbons (Fsp3) is 0.750. The number of aliphatic hydroxyl groups excluding tert-OH is 1. The molecule has 1 aliphatic rings. The summed E-state index contributed by atoms with van der Waals surface area (Å²) in [7, 11) is 0. The van der Waals surface area contributed by atoms with E-state index in [0.717, 1.165) is 25.1 Å². The van der Waals surface area contributed by atoms with Crippen LogP contribution < -0.4 is 0 Å². The normalized spacial score (nSPS) is 26.4. The number of hydrogen-bond acceptors (Lipinski definition) is 3. The first kappa shape index (κ1) is 12.9. The molecule has 0 aromatic carbocycles. The van der Waals surface area contributed by atoms with Crippen molar-refractivity contribution in [3.05, 3.63) is 16.9 Å². The number of aromatic nitrogens is 2. The average Bonchev–Trinajstić information content (AvgIpc) is 2.86. The second kappa shape index (κ2) is 5.38. The van der Waals surface area contributed by atoms with Crippen molar-refractivity contribution in [2.75, 3.05) is 6.61 Å². The van der Waals surface area contributed by atoms with Gasteiger partial charge >= 0.3 is 0 Å². The topological polar surface area (TPSA) is 47.3 Å². The fourth-order valence-corrected chi connectivity index (χ4v) is 2.67. The maximum absolute atomic E-state index is 10.4. The van der Waals surface area contributed by atoms with Crippen molar-refractivity contribution in [1.82, 2.24) is 9.78 Å². The summed E-state index contributed by atoms with van der Waals surface area (Å²) in [5.74, 6) is 0.111. The summed E-state index contributed by atoms with van der Waals surface area (Å²) in [6.45, 7) is 5.56. The fourth-order valence-electron chi connectivity index (χ4n) is 2.42. The molecule has 0 spiro atoms. The summed E-state index contributed by atoms with van der Waals surface area (Å²) in [5, 5.41) is 15.2. The molecule has 3 unspecified atom stereocenters. The van der Waals surface area contributed by atoms with Crippen LogP contribution in [0.25, 0.3) is 0 Å². The van der Waals surface area contributed by atoms with Gasteiger partial charge in [0.05, 0.1) is 23.0 Å². The average molecular weight is 259 g/mol. The third kappa shape index (κ3) is 2.49. The Morgan fingerprint density at radius 1 is 1.71 bits per heavy atom. The van der Waals surface area contributed by atoms with Crippen LogP contribution in [0.3, 0.4) is 0 Å². The maximum atomic E-state index is 10.4. The van der Waals surface area contributed by atoms with Crippen LogP contribution in [0.15, 0.2) is 6.20 Å². The highest BCUT2D eigenvalue weighted by Crippen LogP contribution is 2.36. The minimum atomic E-state index is -0.589. The highest BCUT2D eigenvalue weighted by molar-refractivity contribution is 6.31. The summed E-state index contributed by atoms with van der Waals surface area (Å²) in [4.78, 5) is 0. The lowest BCUT2D eigenvalue weighted by Crippen LogP contribution is -2.22. The quantitative estimate of drug-likeness (QED) is 0.902. The lowest BCUT2D eigenvalue weighted by molar-refractivity contribution is 0.0387. The molecule has 1 aromatic rings. The number of nitrogens with zero attached hydrogens (tertiary/aromatic N) is 2. The van der Waals surface area contributed by atoms with Gasteiger partial charge in [-0.15, -0.1) is 0 Å². The first-order valence-electron chi connectivity index (χ1n) is 6.16. The third-order valence-electron chi connectivity index (χ3n) is 3.39. The smallest absolute Gasteiger partial charge is 0.102 e. The van der Waals surface area contributed by atoms with Crippen molar-refractivity contribution >= 4 is 11.6 Å². The summed E-state index contributed by atoms with van der Waals surface area (Å²) < 4.78 is 7.30. The molecule has 1 aliphatic heterocycles. The van der Waals surface area contributed by atoms with E-state index in [1.807, 2.05) is 6.92 Å². The zero-order valence-corrected chi connectivity index (χ0v) is 11.0. The predicted molar refractivity (Wildman–Crippen MR) is 66.0 cm³/mol. The molecule has 1 saturated heterocycles. The van der Waals surface area contributed by atoms with E-state index in [1.165, 1.54) is 0 Å². The van der Waals surface area contributed by atoms with Crippen LogP contribution in [-0.4, -0.2) is 27.6 Å². The largest absolute Gasteiger partial charge is 0.386 e. The molecule has 0 radical (unpaired) electrons. The molecule has 0 amide bonds. The second-order valence-electron chi connectivity index (χ2n) is 4.57. The molecule has 3 atom stereocenters. The van der Waals surface area contributed by atoms with Crippen LogP contribution in [0.5, 0.6) is 0 Å². The molecule has 0 aliphatic carbocycles. The van der Waals surface area contributed by atoms with Crippen LogP contribution in [0.4, 0.5) is 0 Å². The van der Waals surface area contributed by atoms with Gasteiger partial charge in [-0.25, -0.2) is 0 Å².